The molecule has 1 aliphatic rings. The lowest BCUT2D eigenvalue weighted by Gasteiger charge is -2.21. The molecule has 0 unspecified atom stereocenters. The van der Waals surface area contributed by atoms with Crippen molar-refractivity contribution in [3.8, 4) is 23.7 Å². The van der Waals surface area contributed by atoms with Gasteiger partial charge in [-0.25, -0.2) is 9.97 Å². The van der Waals surface area contributed by atoms with Crippen molar-refractivity contribution in [1.29, 1.82) is 0 Å². The van der Waals surface area contributed by atoms with Crippen molar-refractivity contribution in [1.82, 2.24) is 20.2 Å². The number of nitrogens with one attached hydrogen (secondary N) is 1. The van der Waals surface area contributed by atoms with Gasteiger partial charge in [0.05, 0.1) is 12.2 Å². The maximum Gasteiger partial charge on any atom is 0.234 e. The van der Waals surface area contributed by atoms with Crippen LogP contribution in [0.1, 0.15) is 56.9 Å². The fourth-order valence-electron chi connectivity index (χ4n) is 3.14. The summed E-state index contributed by atoms with van der Waals surface area (Å²) in [5.74, 6) is 3.36. The molecule has 0 aliphatic carbocycles. The Balaban J connectivity index is 0.000000409. The molecule has 2 heterocycles. The average molecular weight is 469 g/mol. The van der Waals surface area contributed by atoms with Crippen LogP contribution >= 0.6 is 11.6 Å². The van der Waals surface area contributed by atoms with E-state index in [1.165, 1.54) is 17.5 Å². The number of aromatic nitrogens is 2. The van der Waals surface area contributed by atoms with Gasteiger partial charge in [0.15, 0.2) is 5.82 Å². The molecule has 1 aliphatic heterocycles. The Morgan fingerprint density at radius 2 is 2.03 bits per heavy atom. The Bertz CT molecular complexity index is 942. The van der Waals surface area contributed by atoms with Gasteiger partial charge in [0.2, 0.25) is 5.91 Å². The van der Waals surface area contributed by atoms with Crippen molar-refractivity contribution < 1.29 is 4.79 Å². The zero-order chi connectivity index (χ0) is 24.8. The molecular formula is C27H37ClN4O. The molecule has 1 saturated heterocycles. The summed E-state index contributed by atoms with van der Waals surface area (Å²) in [5, 5.41) is 3.50. The molecule has 5 nitrogen and oxygen atoms in total. The first-order valence-corrected chi connectivity index (χ1v) is 11.8. The van der Waals surface area contributed by atoms with Gasteiger partial charge < -0.3 is 5.32 Å². The Labute approximate surface area is 204 Å². The van der Waals surface area contributed by atoms with E-state index in [0.717, 1.165) is 47.8 Å². The number of likely N-dealkylation sites (N-methyl/N-ethyl adjacent to an activating group) is 1. The van der Waals surface area contributed by atoms with Crippen molar-refractivity contribution in [2.75, 3.05) is 26.7 Å². The minimum absolute atomic E-state index is 0.138. The number of hydrogen-bond acceptors (Lipinski definition) is 4. The lowest BCUT2D eigenvalue weighted by Crippen LogP contribution is -2.45. The molecule has 0 radical (unpaired) electrons. The van der Waals surface area contributed by atoms with Gasteiger partial charge in [-0.05, 0) is 55.3 Å². The molecule has 0 spiro atoms. The van der Waals surface area contributed by atoms with Crippen molar-refractivity contribution in [3.05, 3.63) is 52.8 Å². The van der Waals surface area contributed by atoms with Crippen LogP contribution in [-0.2, 0) is 11.2 Å². The molecule has 3 rings (SSSR count). The van der Waals surface area contributed by atoms with Gasteiger partial charge in [0.1, 0.15) is 0 Å². The molecule has 2 aromatic rings. The molecule has 0 atom stereocenters. The Kier molecular flexibility index (Phi) is 13.1. The molecule has 0 saturated carbocycles. The number of allylic oxidation sites excluding steroid dienone is 1. The average Bonchev–Trinajstić information content (AvgIpc) is 2.77. The zero-order valence-corrected chi connectivity index (χ0v) is 21.4. The van der Waals surface area contributed by atoms with Crippen molar-refractivity contribution in [3.63, 3.8) is 0 Å². The number of benzene rings is 1. The fraction of sp³-hybridized carbons (Fsp3) is 0.444. The lowest BCUT2D eigenvalue weighted by atomic mass is 10.0. The summed E-state index contributed by atoms with van der Waals surface area (Å²) in [6, 6.07) is 5.84. The quantitative estimate of drug-likeness (QED) is 0.583. The van der Waals surface area contributed by atoms with E-state index in [4.69, 9.17) is 18.0 Å². The smallest absolute Gasteiger partial charge is 0.234 e. The van der Waals surface area contributed by atoms with Crippen molar-refractivity contribution in [2.24, 2.45) is 0 Å². The van der Waals surface area contributed by atoms with Crippen LogP contribution in [0.2, 0.25) is 5.02 Å². The van der Waals surface area contributed by atoms with Gasteiger partial charge in [-0.1, -0.05) is 51.8 Å². The van der Waals surface area contributed by atoms with E-state index in [1.54, 1.807) is 6.20 Å². The Morgan fingerprint density at radius 1 is 1.33 bits per heavy atom. The van der Waals surface area contributed by atoms with Crippen LogP contribution in [0.3, 0.4) is 0 Å². The van der Waals surface area contributed by atoms with Gasteiger partial charge >= 0.3 is 0 Å². The number of halogens is 1. The highest BCUT2D eigenvalue weighted by Gasteiger charge is 2.11. The predicted octanol–water partition coefficient (Wildman–Crippen LogP) is 5.56. The Hall–Kier alpha value is -2.68. The van der Waals surface area contributed by atoms with E-state index in [2.05, 4.69) is 61.5 Å². The van der Waals surface area contributed by atoms with Gasteiger partial charge in [-0.3, -0.25) is 9.69 Å². The molecule has 6 heteroatoms. The summed E-state index contributed by atoms with van der Waals surface area (Å²) >= 11 is 6.42. The highest BCUT2D eigenvalue weighted by atomic mass is 35.5. The molecule has 1 fully saturated rings. The summed E-state index contributed by atoms with van der Waals surface area (Å²) in [4.78, 5) is 21.4. The number of rotatable bonds is 5. The van der Waals surface area contributed by atoms with Crippen molar-refractivity contribution >= 4 is 23.1 Å². The molecule has 33 heavy (non-hydrogen) atoms. The summed E-state index contributed by atoms with van der Waals surface area (Å²) < 4.78 is 0. The standard InChI is InChI=1S/C19H19ClN2.C5H10N2O.C3H8/c1-5-7-13(3)18-9-10-21-19(22-18)15-11-14(4)16(8-6-2)17(20)12-15;1-7-3-2-6-5(8)4-7;1-3-2/h1,9-12H,3,6-8H2,2,4H3;2-4H2,1H3,(H,6,8);3H2,1-2H3. The van der Waals surface area contributed by atoms with Gasteiger partial charge in [-0.15, -0.1) is 12.3 Å². The molecule has 1 amide bonds. The SMILES string of the molecule is C#CCC(=C)c1ccnc(-c2cc(C)c(CCC)c(Cl)c2)n1.CCC.CN1CCNC(=O)C1. The second-order valence-electron chi connectivity index (χ2n) is 8.05. The summed E-state index contributed by atoms with van der Waals surface area (Å²) in [6.45, 7) is 14.8. The van der Waals surface area contributed by atoms with Crippen LogP contribution in [0.15, 0.2) is 31.0 Å². The first-order valence-electron chi connectivity index (χ1n) is 11.5. The molecule has 178 valence electrons. The third kappa shape index (κ3) is 9.77. The number of nitrogens with zero attached hydrogens (tertiary/aromatic N) is 3. The number of hydrogen-bond donors (Lipinski definition) is 1. The normalized spacial score (nSPS) is 12.9. The molecule has 1 N–H and O–H groups in total. The third-order valence-electron chi connectivity index (χ3n) is 4.74. The van der Waals surface area contributed by atoms with Crippen molar-refractivity contribution in [2.45, 2.75) is 53.4 Å². The van der Waals surface area contributed by atoms with E-state index in [9.17, 15) is 4.79 Å². The van der Waals surface area contributed by atoms with E-state index >= 15 is 0 Å². The maximum atomic E-state index is 10.5. The van der Waals surface area contributed by atoms with Crippen LogP contribution in [0.5, 0.6) is 0 Å². The first-order chi connectivity index (χ1) is 15.8. The van der Waals surface area contributed by atoms with Gasteiger partial charge in [0.25, 0.3) is 0 Å². The maximum absolute atomic E-state index is 10.5. The fourth-order valence-corrected chi connectivity index (χ4v) is 3.51. The lowest BCUT2D eigenvalue weighted by molar-refractivity contribution is -0.123. The predicted molar refractivity (Wildman–Crippen MR) is 140 cm³/mol. The first kappa shape index (κ1) is 28.4. The molecule has 1 aromatic carbocycles. The molecule has 0 bridgehead atoms. The molecular weight excluding hydrogens is 432 g/mol. The van der Waals surface area contributed by atoms with Gasteiger partial charge in [-0.2, -0.15) is 0 Å². The summed E-state index contributed by atoms with van der Waals surface area (Å²) in [7, 11) is 1.94. The highest BCUT2D eigenvalue weighted by molar-refractivity contribution is 6.31. The van der Waals surface area contributed by atoms with Crippen LogP contribution in [0.4, 0.5) is 0 Å². The van der Waals surface area contributed by atoms with Crippen LogP contribution in [0.25, 0.3) is 17.0 Å². The summed E-state index contributed by atoms with van der Waals surface area (Å²) in [6.07, 6.45) is 10.8. The Morgan fingerprint density at radius 3 is 2.55 bits per heavy atom. The largest absolute Gasteiger partial charge is 0.354 e. The minimum atomic E-state index is 0.138. The molecule has 1 aromatic heterocycles. The van der Waals surface area contributed by atoms with E-state index in [1.807, 2.05) is 24.1 Å². The summed E-state index contributed by atoms with van der Waals surface area (Å²) in [5.41, 5.74) is 4.87. The highest BCUT2D eigenvalue weighted by Crippen LogP contribution is 2.28. The van der Waals surface area contributed by atoms with E-state index in [-0.39, 0.29) is 5.91 Å². The number of carbonyl (C=O) groups excluding carboxylic acids is 1. The van der Waals surface area contributed by atoms with Gasteiger partial charge in [0, 0.05) is 36.3 Å². The zero-order valence-electron chi connectivity index (χ0n) is 20.7. The minimum Gasteiger partial charge on any atom is -0.354 e. The van der Waals surface area contributed by atoms with E-state index in [0.29, 0.717) is 18.8 Å². The number of amides is 1. The second kappa shape index (κ2) is 15.2. The van der Waals surface area contributed by atoms with E-state index < -0.39 is 0 Å². The number of terminal acetylenes is 1. The van der Waals surface area contributed by atoms with Crippen LogP contribution in [-0.4, -0.2) is 47.5 Å². The van der Waals surface area contributed by atoms with Crippen LogP contribution < -0.4 is 5.32 Å². The second-order valence-corrected chi connectivity index (χ2v) is 8.46. The third-order valence-corrected chi connectivity index (χ3v) is 5.08. The number of carbonyl (C=O) groups is 1. The monoisotopic (exact) mass is 468 g/mol. The number of piperazine rings is 1. The topological polar surface area (TPSA) is 58.1 Å². The number of aryl methyl sites for hydroxylation is 1. The van der Waals surface area contributed by atoms with Crippen LogP contribution in [0, 0.1) is 19.3 Å².